The standard InChI is InChI=1S/C21H22N2OS/c1-15-8-6-11-18(14-15)23-21(24)16(2)22-20(19-12-7-13-25-19)17-9-4-3-5-10-17/h3-14,16,20,22H,1-2H3,(H,23,24)/t16-,20-/m0/s1. The average Bonchev–Trinajstić information content (AvgIpc) is 3.14. The summed E-state index contributed by atoms with van der Waals surface area (Å²) >= 11 is 1.69. The fourth-order valence-electron chi connectivity index (χ4n) is 2.74. The van der Waals surface area contributed by atoms with Gasteiger partial charge in [-0.2, -0.15) is 0 Å². The lowest BCUT2D eigenvalue weighted by atomic mass is 10.0. The molecule has 2 N–H and O–H groups in total. The third-order valence-electron chi connectivity index (χ3n) is 4.06. The van der Waals surface area contributed by atoms with Crippen LogP contribution in [0, 0.1) is 6.92 Å². The molecule has 4 heteroatoms. The molecule has 0 fully saturated rings. The lowest BCUT2D eigenvalue weighted by molar-refractivity contribution is -0.117. The molecule has 0 aliphatic heterocycles. The summed E-state index contributed by atoms with van der Waals surface area (Å²) in [6.45, 7) is 3.91. The lowest BCUT2D eigenvalue weighted by Crippen LogP contribution is -2.40. The Bertz CT molecular complexity index is 815. The number of amides is 1. The van der Waals surface area contributed by atoms with E-state index < -0.39 is 0 Å². The van der Waals surface area contributed by atoms with Crippen molar-refractivity contribution in [2.75, 3.05) is 5.32 Å². The van der Waals surface area contributed by atoms with Gasteiger partial charge in [-0.3, -0.25) is 10.1 Å². The molecule has 0 spiro atoms. The van der Waals surface area contributed by atoms with E-state index in [2.05, 4.69) is 34.2 Å². The number of aryl methyl sites for hydroxylation is 1. The van der Waals surface area contributed by atoms with Crippen LogP contribution in [0.25, 0.3) is 0 Å². The molecular formula is C21H22N2OS. The van der Waals surface area contributed by atoms with Crippen LogP contribution in [0.4, 0.5) is 5.69 Å². The van der Waals surface area contributed by atoms with Crippen LogP contribution in [0.15, 0.2) is 72.1 Å². The third-order valence-corrected chi connectivity index (χ3v) is 4.99. The predicted octanol–water partition coefficient (Wildman–Crippen LogP) is 4.76. The van der Waals surface area contributed by atoms with Crippen molar-refractivity contribution in [3.05, 3.63) is 88.1 Å². The van der Waals surface area contributed by atoms with Gasteiger partial charge in [-0.15, -0.1) is 11.3 Å². The molecule has 128 valence electrons. The first-order valence-electron chi connectivity index (χ1n) is 8.35. The van der Waals surface area contributed by atoms with Crippen molar-refractivity contribution in [3.8, 4) is 0 Å². The van der Waals surface area contributed by atoms with Crippen molar-refractivity contribution < 1.29 is 4.79 Å². The van der Waals surface area contributed by atoms with Gasteiger partial charge in [-0.1, -0.05) is 48.5 Å². The Morgan fingerprint density at radius 3 is 2.48 bits per heavy atom. The number of carbonyl (C=O) groups is 1. The summed E-state index contributed by atoms with van der Waals surface area (Å²) in [5.41, 5.74) is 3.10. The second-order valence-corrected chi connectivity index (χ2v) is 7.09. The van der Waals surface area contributed by atoms with E-state index in [1.807, 2.05) is 62.4 Å². The largest absolute Gasteiger partial charge is 0.325 e. The van der Waals surface area contributed by atoms with Crippen molar-refractivity contribution in [2.45, 2.75) is 25.9 Å². The van der Waals surface area contributed by atoms with E-state index in [0.717, 1.165) is 16.8 Å². The summed E-state index contributed by atoms with van der Waals surface area (Å²) in [6.07, 6.45) is 0. The molecule has 3 rings (SSSR count). The van der Waals surface area contributed by atoms with Crippen molar-refractivity contribution in [1.29, 1.82) is 0 Å². The molecule has 0 bridgehead atoms. The first-order chi connectivity index (χ1) is 12.1. The molecule has 2 atom stereocenters. The minimum absolute atomic E-state index is 0.000500. The van der Waals surface area contributed by atoms with Gasteiger partial charge in [-0.05, 0) is 48.6 Å². The van der Waals surface area contributed by atoms with Crippen LogP contribution in [0.2, 0.25) is 0 Å². The number of thiophene rings is 1. The van der Waals surface area contributed by atoms with Crippen LogP contribution in [0.1, 0.15) is 29.0 Å². The Hall–Kier alpha value is -2.43. The number of hydrogen-bond acceptors (Lipinski definition) is 3. The molecule has 3 nitrogen and oxygen atoms in total. The van der Waals surface area contributed by atoms with E-state index in [1.165, 1.54) is 4.88 Å². The zero-order valence-electron chi connectivity index (χ0n) is 14.4. The quantitative estimate of drug-likeness (QED) is 0.673. The van der Waals surface area contributed by atoms with Crippen LogP contribution in [-0.2, 0) is 4.79 Å². The SMILES string of the molecule is Cc1cccc(NC(=O)[C@H](C)N[C@@H](c2ccccc2)c2cccs2)c1. The zero-order chi connectivity index (χ0) is 17.6. The summed E-state index contributed by atoms with van der Waals surface area (Å²) in [4.78, 5) is 13.8. The summed E-state index contributed by atoms with van der Waals surface area (Å²) in [6, 6.07) is 21.9. The van der Waals surface area contributed by atoms with Gasteiger partial charge in [0.05, 0.1) is 12.1 Å². The molecule has 0 saturated heterocycles. The smallest absolute Gasteiger partial charge is 0.241 e. The first kappa shape index (κ1) is 17.4. The zero-order valence-corrected chi connectivity index (χ0v) is 15.2. The van der Waals surface area contributed by atoms with Gasteiger partial charge in [0, 0.05) is 10.6 Å². The van der Waals surface area contributed by atoms with Gasteiger partial charge in [0.15, 0.2) is 0 Å². The number of carbonyl (C=O) groups excluding carboxylic acids is 1. The summed E-state index contributed by atoms with van der Waals surface area (Å²) < 4.78 is 0. The second-order valence-electron chi connectivity index (χ2n) is 6.11. The van der Waals surface area contributed by atoms with Crippen LogP contribution in [0.5, 0.6) is 0 Å². The minimum Gasteiger partial charge on any atom is -0.325 e. The van der Waals surface area contributed by atoms with E-state index in [4.69, 9.17) is 0 Å². The summed E-state index contributed by atoms with van der Waals surface area (Å²) in [5, 5.41) is 8.52. The van der Waals surface area contributed by atoms with E-state index in [9.17, 15) is 4.79 Å². The molecule has 3 aromatic rings. The van der Waals surface area contributed by atoms with Crippen LogP contribution < -0.4 is 10.6 Å². The molecule has 0 aliphatic rings. The van der Waals surface area contributed by atoms with Crippen molar-refractivity contribution in [3.63, 3.8) is 0 Å². The van der Waals surface area contributed by atoms with Crippen molar-refractivity contribution in [1.82, 2.24) is 5.32 Å². The maximum atomic E-state index is 12.6. The number of rotatable bonds is 6. The highest BCUT2D eigenvalue weighted by molar-refractivity contribution is 7.10. The highest BCUT2D eigenvalue weighted by atomic mass is 32.1. The molecule has 0 aliphatic carbocycles. The molecule has 0 radical (unpaired) electrons. The average molecular weight is 350 g/mol. The topological polar surface area (TPSA) is 41.1 Å². The van der Waals surface area contributed by atoms with E-state index in [1.54, 1.807) is 11.3 Å². The number of anilines is 1. The number of nitrogens with one attached hydrogen (secondary N) is 2. The summed E-state index contributed by atoms with van der Waals surface area (Å²) in [5.74, 6) is -0.0388. The first-order valence-corrected chi connectivity index (χ1v) is 9.23. The Morgan fingerprint density at radius 2 is 1.80 bits per heavy atom. The molecule has 25 heavy (non-hydrogen) atoms. The molecule has 1 aromatic heterocycles. The maximum Gasteiger partial charge on any atom is 0.241 e. The van der Waals surface area contributed by atoms with E-state index in [0.29, 0.717) is 0 Å². The van der Waals surface area contributed by atoms with Crippen LogP contribution in [-0.4, -0.2) is 11.9 Å². The molecule has 1 heterocycles. The van der Waals surface area contributed by atoms with Crippen LogP contribution >= 0.6 is 11.3 Å². The lowest BCUT2D eigenvalue weighted by Gasteiger charge is -2.22. The van der Waals surface area contributed by atoms with Gasteiger partial charge >= 0.3 is 0 Å². The molecule has 0 saturated carbocycles. The second kappa shape index (κ2) is 8.10. The van der Waals surface area contributed by atoms with Gasteiger partial charge in [0.25, 0.3) is 0 Å². The fourth-order valence-corrected chi connectivity index (χ4v) is 3.55. The van der Waals surface area contributed by atoms with Crippen LogP contribution in [0.3, 0.4) is 0 Å². The Labute approximate surface area is 152 Å². The highest BCUT2D eigenvalue weighted by Crippen LogP contribution is 2.26. The van der Waals surface area contributed by atoms with Gasteiger partial charge < -0.3 is 5.32 Å². The molecule has 0 unspecified atom stereocenters. The number of hydrogen-bond donors (Lipinski definition) is 2. The normalized spacial score (nSPS) is 13.2. The van der Waals surface area contributed by atoms with E-state index in [-0.39, 0.29) is 18.0 Å². The Morgan fingerprint density at radius 1 is 1.00 bits per heavy atom. The fraction of sp³-hybridized carbons (Fsp3) is 0.190. The van der Waals surface area contributed by atoms with Gasteiger partial charge in [-0.25, -0.2) is 0 Å². The van der Waals surface area contributed by atoms with Crippen molar-refractivity contribution >= 4 is 22.9 Å². The molecule has 2 aromatic carbocycles. The van der Waals surface area contributed by atoms with Gasteiger partial charge in [0.2, 0.25) is 5.91 Å². The third kappa shape index (κ3) is 4.56. The minimum atomic E-state index is -0.326. The Kier molecular flexibility index (Phi) is 5.64. The highest BCUT2D eigenvalue weighted by Gasteiger charge is 2.21. The monoisotopic (exact) mass is 350 g/mol. The molecule has 1 amide bonds. The van der Waals surface area contributed by atoms with E-state index >= 15 is 0 Å². The predicted molar refractivity (Wildman–Crippen MR) is 105 cm³/mol. The summed E-state index contributed by atoms with van der Waals surface area (Å²) in [7, 11) is 0. The molecular weight excluding hydrogens is 328 g/mol. The van der Waals surface area contributed by atoms with Crippen molar-refractivity contribution in [2.24, 2.45) is 0 Å². The van der Waals surface area contributed by atoms with Gasteiger partial charge in [0.1, 0.15) is 0 Å². The number of benzene rings is 2. The Balaban J connectivity index is 1.74. The maximum absolute atomic E-state index is 12.6.